The Bertz CT molecular complexity index is 698. The van der Waals surface area contributed by atoms with Crippen LogP contribution < -0.4 is 10.6 Å². The minimum Gasteiger partial charge on any atom is -0.354 e. The number of hydrogen-bond donors (Lipinski definition) is 2. The van der Waals surface area contributed by atoms with Crippen molar-refractivity contribution in [1.29, 1.82) is 0 Å². The highest BCUT2D eigenvalue weighted by molar-refractivity contribution is 6.03. The summed E-state index contributed by atoms with van der Waals surface area (Å²) in [6, 6.07) is 9.52. The van der Waals surface area contributed by atoms with E-state index in [1.54, 1.807) is 6.07 Å². The molecular weight excluding hydrogens is 300 g/mol. The molecule has 0 saturated carbocycles. The zero-order valence-corrected chi connectivity index (χ0v) is 14.9. The summed E-state index contributed by atoms with van der Waals surface area (Å²) in [4.78, 5) is 21.2. The van der Waals surface area contributed by atoms with Gasteiger partial charge in [-0.05, 0) is 43.4 Å². The van der Waals surface area contributed by atoms with Gasteiger partial charge in [-0.3, -0.25) is 4.79 Å². The average Bonchev–Trinajstić information content (AvgIpc) is 2.54. The molecule has 0 aliphatic rings. The van der Waals surface area contributed by atoms with Crippen LogP contribution in [0.5, 0.6) is 0 Å². The van der Waals surface area contributed by atoms with Gasteiger partial charge in [0.15, 0.2) is 0 Å². The molecule has 0 bridgehead atoms. The average molecular weight is 326 g/mol. The van der Waals surface area contributed by atoms with Crippen LogP contribution in [0.4, 0.5) is 11.6 Å². The van der Waals surface area contributed by atoms with Crippen LogP contribution in [0.1, 0.15) is 48.9 Å². The van der Waals surface area contributed by atoms with Crippen LogP contribution in [0, 0.1) is 12.8 Å². The molecule has 24 heavy (non-hydrogen) atoms. The Balaban J connectivity index is 2.12. The zero-order chi connectivity index (χ0) is 17.5. The minimum absolute atomic E-state index is 0.215. The van der Waals surface area contributed by atoms with E-state index in [-0.39, 0.29) is 5.91 Å². The molecule has 1 heterocycles. The predicted octanol–water partition coefficient (Wildman–Crippen LogP) is 4.06. The molecule has 0 unspecified atom stereocenters. The first-order valence-corrected chi connectivity index (χ1v) is 8.48. The van der Waals surface area contributed by atoms with E-state index in [9.17, 15) is 4.79 Å². The maximum absolute atomic E-state index is 12.5. The molecular formula is C19H26N4O. The molecule has 2 rings (SSSR count). The summed E-state index contributed by atoms with van der Waals surface area (Å²) in [5.74, 6) is 0.897. The first-order chi connectivity index (χ1) is 11.5. The third-order valence-corrected chi connectivity index (χ3v) is 3.74. The lowest BCUT2D eigenvalue weighted by atomic mass is 10.1. The number of nitrogens with zero attached hydrogens (tertiary/aromatic N) is 2. The van der Waals surface area contributed by atoms with Gasteiger partial charge in [0.2, 0.25) is 5.95 Å². The highest BCUT2D eigenvalue weighted by atomic mass is 16.1. The molecule has 0 aliphatic heterocycles. The molecule has 0 atom stereocenters. The van der Waals surface area contributed by atoms with Crippen molar-refractivity contribution in [1.82, 2.24) is 9.97 Å². The van der Waals surface area contributed by atoms with Gasteiger partial charge in [0, 0.05) is 17.9 Å². The van der Waals surface area contributed by atoms with Gasteiger partial charge in [-0.15, -0.1) is 0 Å². The topological polar surface area (TPSA) is 66.9 Å². The molecule has 2 aromatic rings. The van der Waals surface area contributed by atoms with E-state index in [1.807, 2.05) is 31.2 Å². The molecule has 0 aliphatic carbocycles. The van der Waals surface area contributed by atoms with Crippen LogP contribution in [0.25, 0.3) is 0 Å². The number of nitrogens with one attached hydrogen (secondary N) is 2. The van der Waals surface area contributed by atoms with Crippen LogP contribution >= 0.6 is 0 Å². The summed E-state index contributed by atoms with van der Waals surface area (Å²) in [5.41, 5.74) is 3.08. The summed E-state index contributed by atoms with van der Waals surface area (Å²) >= 11 is 0. The zero-order valence-electron chi connectivity index (χ0n) is 14.9. The van der Waals surface area contributed by atoms with Crippen LogP contribution in [0.3, 0.4) is 0 Å². The number of aromatic nitrogens is 2. The van der Waals surface area contributed by atoms with E-state index in [1.165, 1.54) is 0 Å². The number of aryl methyl sites for hydroxylation is 2. The summed E-state index contributed by atoms with van der Waals surface area (Å²) in [6.45, 7) is 9.06. The Hall–Kier alpha value is -2.43. The Morgan fingerprint density at radius 2 is 1.96 bits per heavy atom. The Labute approximate surface area is 143 Å². The summed E-state index contributed by atoms with van der Waals surface area (Å²) in [6.07, 6.45) is 1.89. The molecule has 1 aromatic heterocycles. The van der Waals surface area contributed by atoms with E-state index < -0.39 is 0 Å². The molecule has 1 amide bonds. The minimum atomic E-state index is -0.215. The van der Waals surface area contributed by atoms with E-state index >= 15 is 0 Å². The van der Waals surface area contributed by atoms with E-state index in [0.717, 1.165) is 36.3 Å². The number of carbonyl (C=O) groups is 1. The molecule has 0 fully saturated rings. The smallest absolute Gasteiger partial charge is 0.274 e. The number of hydrogen-bond acceptors (Lipinski definition) is 4. The molecule has 2 N–H and O–H groups in total. The largest absolute Gasteiger partial charge is 0.354 e. The second-order valence-corrected chi connectivity index (χ2v) is 6.29. The first-order valence-electron chi connectivity index (χ1n) is 8.48. The number of carbonyl (C=O) groups excluding carboxylic acids is 1. The van der Waals surface area contributed by atoms with Crippen molar-refractivity contribution in [2.45, 2.75) is 40.5 Å². The van der Waals surface area contributed by atoms with Crippen molar-refractivity contribution in [2.75, 3.05) is 17.2 Å². The van der Waals surface area contributed by atoms with Gasteiger partial charge in [-0.25, -0.2) is 9.97 Å². The van der Waals surface area contributed by atoms with Gasteiger partial charge >= 0.3 is 0 Å². The number of anilines is 2. The van der Waals surface area contributed by atoms with Crippen molar-refractivity contribution < 1.29 is 4.79 Å². The fourth-order valence-electron chi connectivity index (χ4n) is 2.37. The molecule has 5 heteroatoms. The first kappa shape index (κ1) is 17.9. The Morgan fingerprint density at radius 3 is 2.67 bits per heavy atom. The van der Waals surface area contributed by atoms with Crippen LogP contribution in [0.2, 0.25) is 0 Å². The third kappa shape index (κ3) is 5.05. The van der Waals surface area contributed by atoms with E-state index in [4.69, 9.17) is 0 Å². The second kappa shape index (κ2) is 8.43. The molecule has 0 saturated heterocycles. The molecule has 0 spiro atoms. The molecule has 5 nitrogen and oxygen atoms in total. The fraction of sp³-hybridized carbons (Fsp3) is 0.421. The van der Waals surface area contributed by atoms with Gasteiger partial charge in [0.25, 0.3) is 5.91 Å². The quantitative estimate of drug-likeness (QED) is 0.805. The Morgan fingerprint density at radius 1 is 1.21 bits per heavy atom. The summed E-state index contributed by atoms with van der Waals surface area (Å²) < 4.78 is 0. The molecule has 0 radical (unpaired) electrons. The summed E-state index contributed by atoms with van der Waals surface area (Å²) in [5, 5.41) is 6.15. The third-order valence-electron chi connectivity index (χ3n) is 3.74. The maximum Gasteiger partial charge on any atom is 0.274 e. The van der Waals surface area contributed by atoms with Crippen molar-refractivity contribution >= 4 is 17.5 Å². The van der Waals surface area contributed by atoms with Gasteiger partial charge in [0.1, 0.15) is 5.69 Å². The monoisotopic (exact) mass is 326 g/mol. The maximum atomic E-state index is 12.5. The van der Waals surface area contributed by atoms with Crippen molar-refractivity contribution in [3.63, 3.8) is 0 Å². The number of rotatable bonds is 7. The second-order valence-electron chi connectivity index (χ2n) is 6.29. The number of amides is 1. The lowest BCUT2D eigenvalue weighted by Crippen LogP contribution is -2.17. The standard InChI is InChI=1S/C19H26N4O/c1-5-15-8-6-7-9-16(15)22-18(24)17-12-14(4)21-19(23-17)20-11-10-13(2)3/h6-9,12-13H,5,10-11H2,1-4H3,(H,22,24)(H,20,21,23). The number of benzene rings is 1. The number of para-hydroxylation sites is 1. The lowest BCUT2D eigenvalue weighted by molar-refractivity contribution is 0.102. The van der Waals surface area contributed by atoms with Crippen molar-refractivity contribution in [2.24, 2.45) is 5.92 Å². The SMILES string of the molecule is CCc1ccccc1NC(=O)c1cc(C)nc(NCCC(C)C)n1. The van der Waals surface area contributed by atoms with Gasteiger partial charge in [0.05, 0.1) is 0 Å². The van der Waals surface area contributed by atoms with Crippen LogP contribution in [-0.4, -0.2) is 22.4 Å². The summed E-state index contributed by atoms with van der Waals surface area (Å²) in [7, 11) is 0. The van der Waals surface area contributed by atoms with Gasteiger partial charge in [-0.1, -0.05) is 39.0 Å². The highest BCUT2D eigenvalue weighted by Gasteiger charge is 2.12. The van der Waals surface area contributed by atoms with E-state index in [0.29, 0.717) is 17.6 Å². The highest BCUT2D eigenvalue weighted by Crippen LogP contribution is 2.17. The fourth-order valence-corrected chi connectivity index (χ4v) is 2.37. The normalized spacial score (nSPS) is 10.7. The lowest BCUT2D eigenvalue weighted by Gasteiger charge is -2.11. The molecule has 1 aromatic carbocycles. The molecule has 128 valence electrons. The van der Waals surface area contributed by atoms with Crippen molar-refractivity contribution in [3.05, 3.63) is 47.3 Å². The Kier molecular flexibility index (Phi) is 6.29. The van der Waals surface area contributed by atoms with Crippen LogP contribution in [0.15, 0.2) is 30.3 Å². The van der Waals surface area contributed by atoms with Gasteiger partial charge in [-0.2, -0.15) is 0 Å². The van der Waals surface area contributed by atoms with Crippen molar-refractivity contribution in [3.8, 4) is 0 Å². The predicted molar refractivity (Wildman–Crippen MR) is 98.5 cm³/mol. The van der Waals surface area contributed by atoms with Crippen LogP contribution in [-0.2, 0) is 6.42 Å². The van der Waals surface area contributed by atoms with E-state index in [2.05, 4.69) is 41.4 Å². The van der Waals surface area contributed by atoms with Gasteiger partial charge < -0.3 is 10.6 Å².